The van der Waals surface area contributed by atoms with E-state index in [-0.39, 0.29) is 18.1 Å². The Hall–Kier alpha value is -2.24. The molecule has 1 amide bonds. The molecular weight excluding hydrogens is 419 g/mol. The number of carbonyl (C=O) groups is 1. The van der Waals surface area contributed by atoms with Crippen molar-refractivity contribution >= 4 is 39.1 Å². The van der Waals surface area contributed by atoms with E-state index in [1.807, 2.05) is 50.2 Å². The minimum absolute atomic E-state index is 0.0451. The Kier molecular flexibility index (Phi) is 6.47. The molecule has 2 aromatic carbocycles. The van der Waals surface area contributed by atoms with Crippen LogP contribution in [0.5, 0.6) is 0 Å². The van der Waals surface area contributed by atoms with Gasteiger partial charge in [0.25, 0.3) is 0 Å². The summed E-state index contributed by atoms with van der Waals surface area (Å²) in [6.45, 7) is 3.38. The fraction of sp³-hybridized carbons (Fsp3) is 0.261. The topological polar surface area (TPSA) is 32.3 Å². The summed E-state index contributed by atoms with van der Waals surface area (Å²) in [7, 11) is 3.93. The Labute approximate surface area is 174 Å². The van der Waals surface area contributed by atoms with Crippen molar-refractivity contribution in [1.29, 1.82) is 0 Å². The third-order valence-corrected chi connectivity index (χ3v) is 5.38. The average molecular weight is 443 g/mol. The van der Waals surface area contributed by atoms with Crippen LogP contribution in [0.4, 0.5) is 4.39 Å². The third-order valence-electron chi connectivity index (χ3n) is 4.85. The maximum Gasteiger partial charge on any atom is 0.224 e. The van der Waals surface area contributed by atoms with Crippen molar-refractivity contribution in [2.45, 2.75) is 13.3 Å². The number of nitrogens with one attached hydrogen (secondary N) is 1. The maximum atomic E-state index is 13.9. The third kappa shape index (κ3) is 4.78. The summed E-state index contributed by atoms with van der Waals surface area (Å²) in [6.07, 6.45) is 2.34. The van der Waals surface area contributed by atoms with Crippen LogP contribution >= 0.6 is 15.9 Å². The normalized spacial score (nSPS) is 14.7. The van der Waals surface area contributed by atoms with Gasteiger partial charge in [0.1, 0.15) is 5.82 Å². The van der Waals surface area contributed by atoms with Gasteiger partial charge in [0, 0.05) is 17.6 Å². The Morgan fingerprint density at radius 2 is 1.86 bits per heavy atom. The van der Waals surface area contributed by atoms with Crippen LogP contribution in [-0.2, 0) is 4.79 Å². The number of amides is 1. The van der Waals surface area contributed by atoms with Crippen molar-refractivity contribution in [3.63, 3.8) is 0 Å². The van der Waals surface area contributed by atoms with Gasteiger partial charge < -0.3 is 10.2 Å². The lowest BCUT2D eigenvalue weighted by Gasteiger charge is -2.11. The maximum absolute atomic E-state index is 13.9. The fourth-order valence-corrected chi connectivity index (χ4v) is 3.61. The average Bonchev–Trinajstić information content (AvgIpc) is 2.88. The van der Waals surface area contributed by atoms with E-state index in [4.69, 9.17) is 0 Å². The van der Waals surface area contributed by atoms with Gasteiger partial charge in [-0.05, 0) is 84.8 Å². The van der Waals surface area contributed by atoms with E-state index in [0.29, 0.717) is 6.54 Å². The molecule has 0 fully saturated rings. The van der Waals surface area contributed by atoms with E-state index in [1.54, 1.807) is 6.07 Å². The number of fused-ring (bicyclic) bond motifs is 1. The Balaban J connectivity index is 1.92. The van der Waals surface area contributed by atoms with E-state index in [1.165, 1.54) is 12.1 Å². The van der Waals surface area contributed by atoms with Crippen LogP contribution in [0.1, 0.15) is 30.0 Å². The molecule has 1 aliphatic carbocycles. The number of allylic oxidation sites excluding steroid dienone is 2. The molecule has 1 aliphatic rings. The zero-order valence-electron chi connectivity index (χ0n) is 16.4. The van der Waals surface area contributed by atoms with Gasteiger partial charge >= 0.3 is 0 Å². The predicted octanol–water partition coefficient (Wildman–Crippen LogP) is 4.98. The lowest BCUT2D eigenvalue weighted by atomic mass is 10.0. The van der Waals surface area contributed by atoms with E-state index in [9.17, 15) is 9.18 Å². The lowest BCUT2D eigenvalue weighted by molar-refractivity contribution is -0.120. The zero-order chi connectivity index (χ0) is 20.3. The highest BCUT2D eigenvalue weighted by molar-refractivity contribution is 9.10. The molecule has 0 atom stereocenters. The number of carbonyl (C=O) groups excluding carboxylic acids is 1. The molecule has 1 N–H and O–H groups in total. The predicted molar refractivity (Wildman–Crippen MR) is 117 cm³/mol. The smallest absolute Gasteiger partial charge is 0.224 e. The van der Waals surface area contributed by atoms with E-state index in [2.05, 4.69) is 27.3 Å². The van der Waals surface area contributed by atoms with E-state index < -0.39 is 0 Å². The molecule has 0 bridgehead atoms. The molecule has 0 saturated heterocycles. The van der Waals surface area contributed by atoms with Crippen LogP contribution < -0.4 is 5.32 Å². The summed E-state index contributed by atoms with van der Waals surface area (Å²) in [6, 6.07) is 12.8. The molecule has 0 unspecified atom stereocenters. The quantitative estimate of drug-likeness (QED) is 0.683. The van der Waals surface area contributed by atoms with Crippen molar-refractivity contribution in [3.05, 3.63) is 75.0 Å². The van der Waals surface area contributed by atoms with Crippen molar-refractivity contribution in [2.24, 2.45) is 0 Å². The van der Waals surface area contributed by atoms with Crippen molar-refractivity contribution in [3.8, 4) is 0 Å². The molecule has 146 valence electrons. The lowest BCUT2D eigenvalue weighted by Crippen LogP contribution is -2.31. The summed E-state index contributed by atoms with van der Waals surface area (Å²) in [5, 5.41) is 2.94. The van der Waals surface area contributed by atoms with Crippen LogP contribution in [-0.4, -0.2) is 38.0 Å². The molecule has 0 aliphatic heterocycles. The standard InChI is InChI=1S/C23H24BrFN2O/c1-15-20(12-16-4-6-17(24)7-5-16)19-9-8-18(25)13-22(19)21(15)14-23(28)26-10-11-27(2)3/h4-9,12-13H,10-11,14H2,1-3H3,(H,26,28)/b20-12-. The number of halogens is 2. The molecule has 2 aromatic rings. The number of nitrogens with zero attached hydrogens (tertiary/aromatic N) is 1. The molecular formula is C23H24BrFN2O. The number of rotatable bonds is 6. The highest BCUT2D eigenvalue weighted by Crippen LogP contribution is 2.43. The van der Waals surface area contributed by atoms with E-state index in [0.717, 1.165) is 44.4 Å². The summed E-state index contributed by atoms with van der Waals surface area (Å²) in [4.78, 5) is 14.5. The van der Waals surface area contributed by atoms with Crippen LogP contribution in [0.15, 0.2) is 52.5 Å². The second-order valence-electron chi connectivity index (χ2n) is 7.23. The van der Waals surface area contributed by atoms with Gasteiger partial charge in [-0.25, -0.2) is 4.39 Å². The zero-order valence-corrected chi connectivity index (χ0v) is 17.9. The molecule has 0 radical (unpaired) electrons. The van der Waals surface area contributed by atoms with Gasteiger partial charge in [0.15, 0.2) is 0 Å². The van der Waals surface area contributed by atoms with Crippen LogP contribution in [0.25, 0.3) is 17.2 Å². The van der Waals surface area contributed by atoms with Gasteiger partial charge in [-0.1, -0.05) is 34.1 Å². The Bertz CT molecular complexity index is 946. The van der Waals surface area contributed by atoms with Gasteiger partial charge in [0.05, 0.1) is 6.42 Å². The summed E-state index contributed by atoms with van der Waals surface area (Å²) in [5.41, 5.74) is 5.78. The molecule has 3 rings (SSSR count). The molecule has 3 nitrogen and oxygen atoms in total. The number of hydrogen-bond acceptors (Lipinski definition) is 2. The summed E-state index contributed by atoms with van der Waals surface area (Å²) >= 11 is 3.45. The number of likely N-dealkylation sites (N-methyl/N-ethyl adjacent to an activating group) is 1. The van der Waals surface area contributed by atoms with Crippen LogP contribution in [0, 0.1) is 5.82 Å². The number of benzene rings is 2. The first-order valence-electron chi connectivity index (χ1n) is 9.24. The largest absolute Gasteiger partial charge is 0.355 e. The first kappa shape index (κ1) is 20.5. The van der Waals surface area contributed by atoms with E-state index >= 15 is 0 Å². The van der Waals surface area contributed by atoms with Gasteiger partial charge in [-0.2, -0.15) is 0 Å². The summed E-state index contributed by atoms with van der Waals surface area (Å²) < 4.78 is 15.0. The minimum Gasteiger partial charge on any atom is -0.355 e. The van der Waals surface area contributed by atoms with Crippen LogP contribution in [0.3, 0.4) is 0 Å². The molecule has 0 spiro atoms. The molecule has 28 heavy (non-hydrogen) atoms. The molecule has 0 aromatic heterocycles. The second kappa shape index (κ2) is 8.84. The highest BCUT2D eigenvalue weighted by Gasteiger charge is 2.25. The van der Waals surface area contributed by atoms with Crippen LogP contribution in [0.2, 0.25) is 0 Å². The summed E-state index contributed by atoms with van der Waals surface area (Å²) in [5.74, 6) is -0.335. The van der Waals surface area contributed by atoms with Crippen molar-refractivity contribution in [2.75, 3.05) is 27.2 Å². The molecule has 0 saturated carbocycles. The Morgan fingerprint density at radius 1 is 1.14 bits per heavy atom. The van der Waals surface area contributed by atoms with Gasteiger partial charge in [-0.15, -0.1) is 0 Å². The van der Waals surface area contributed by atoms with Gasteiger partial charge in [0.2, 0.25) is 5.91 Å². The fourth-order valence-electron chi connectivity index (χ4n) is 3.35. The van der Waals surface area contributed by atoms with Crippen molar-refractivity contribution in [1.82, 2.24) is 10.2 Å². The first-order valence-corrected chi connectivity index (χ1v) is 10.0. The molecule has 0 heterocycles. The molecule has 5 heteroatoms. The van der Waals surface area contributed by atoms with Gasteiger partial charge in [-0.3, -0.25) is 4.79 Å². The number of hydrogen-bond donors (Lipinski definition) is 1. The SMILES string of the molecule is CC1=C(CC(=O)NCCN(C)C)c2cc(F)ccc2/C1=C\c1ccc(Br)cc1. The monoisotopic (exact) mass is 442 g/mol. The highest BCUT2D eigenvalue weighted by atomic mass is 79.9. The second-order valence-corrected chi connectivity index (χ2v) is 8.15. The van der Waals surface area contributed by atoms with Crippen molar-refractivity contribution < 1.29 is 9.18 Å². The first-order chi connectivity index (χ1) is 13.3. The minimum atomic E-state index is -0.290. The Morgan fingerprint density at radius 3 is 2.54 bits per heavy atom.